The van der Waals surface area contributed by atoms with Crippen LogP contribution in [0.25, 0.3) is 0 Å². The first-order valence-corrected chi connectivity index (χ1v) is 9.67. The molecule has 146 valence electrons. The van der Waals surface area contributed by atoms with Crippen LogP contribution in [0.3, 0.4) is 0 Å². The first-order valence-electron chi connectivity index (χ1n) is 9.67. The van der Waals surface area contributed by atoms with E-state index < -0.39 is 0 Å². The molecule has 1 heterocycles. The molecule has 0 radical (unpaired) electrons. The molecule has 1 aromatic rings. The highest BCUT2D eigenvalue weighted by molar-refractivity contribution is 5.94. The van der Waals surface area contributed by atoms with Crippen molar-refractivity contribution in [3.63, 3.8) is 0 Å². The Balaban J connectivity index is 2.33. The van der Waals surface area contributed by atoms with Crippen molar-refractivity contribution < 1.29 is 19.0 Å². The van der Waals surface area contributed by atoms with Crippen molar-refractivity contribution in [1.82, 2.24) is 0 Å². The Bertz CT molecular complexity index is 585. The SMILES string of the molecule is CCC[C@@H](C)C(=O)Nc1cc(OCC)c(N2CCOCC2)cc1OCC. The molecule has 6 nitrogen and oxygen atoms in total. The summed E-state index contributed by atoms with van der Waals surface area (Å²) in [5, 5.41) is 3.02. The number of anilines is 2. The van der Waals surface area contributed by atoms with E-state index in [2.05, 4.69) is 17.1 Å². The van der Waals surface area contributed by atoms with E-state index in [1.165, 1.54) is 0 Å². The second kappa shape index (κ2) is 10.3. The van der Waals surface area contributed by atoms with Gasteiger partial charge in [-0.05, 0) is 20.3 Å². The van der Waals surface area contributed by atoms with Gasteiger partial charge in [-0.3, -0.25) is 4.79 Å². The lowest BCUT2D eigenvalue weighted by Crippen LogP contribution is -2.36. The maximum absolute atomic E-state index is 12.5. The zero-order valence-electron chi connectivity index (χ0n) is 16.5. The fourth-order valence-electron chi connectivity index (χ4n) is 3.06. The third-order valence-corrected chi connectivity index (χ3v) is 4.44. The van der Waals surface area contributed by atoms with Crippen molar-refractivity contribution in [2.75, 3.05) is 49.7 Å². The predicted molar refractivity (Wildman–Crippen MR) is 105 cm³/mol. The molecule has 0 unspecified atom stereocenters. The van der Waals surface area contributed by atoms with Gasteiger partial charge in [-0.2, -0.15) is 0 Å². The molecule has 0 bridgehead atoms. The minimum Gasteiger partial charge on any atom is -0.492 e. The van der Waals surface area contributed by atoms with Crippen LogP contribution in [0.15, 0.2) is 12.1 Å². The van der Waals surface area contributed by atoms with Crippen LogP contribution in [0.4, 0.5) is 11.4 Å². The van der Waals surface area contributed by atoms with Crippen LogP contribution in [-0.4, -0.2) is 45.4 Å². The van der Waals surface area contributed by atoms with E-state index in [0.717, 1.165) is 37.4 Å². The van der Waals surface area contributed by atoms with E-state index in [1.54, 1.807) is 0 Å². The Labute approximate surface area is 156 Å². The van der Waals surface area contributed by atoms with Crippen LogP contribution in [0.1, 0.15) is 40.5 Å². The summed E-state index contributed by atoms with van der Waals surface area (Å²) < 4.78 is 17.1. The maximum atomic E-state index is 12.5. The van der Waals surface area contributed by atoms with Crippen LogP contribution in [0.5, 0.6) is 11.5 Å². The van der Waals surface area contributed by atoms with E-state index in [-0.39, 0.29) is 11.8 Å². The Kier molecular flexibility index (Phi) is 8.04. The minimum absolute atomic E-state index is 0.00868. The highest BCUT2D eigenvalue weighted by Gasteiger charge is 2.21. The van der Waals surface area contributed by atoms with Gasteiger partial charge in [0.15, 0.2) is 0 Å². The van der Waals surface area contributed by atoms with Gasteiger partial charge in [-0.25, -0.2) is 0 Å². The van der Waals surface area contributed by atoms with E-state index in [4.69, 9.17) is 14.2 Å². The topological polar surface area (TPSA) is 60.0 Å². The lowest BCUT2D eigenvalue weighted by molar-refractivity contribution is -0.119. The molecule has 6 heteroatoms. The molecule has 1 amide bonds. The van der Waals surface area contributed by atoms with E-state index in [9.17, 15) is 4.79 Å². The molecule has 1 N–H and O–H groups in total. The number of nitrogens with zero attached hydrogens (tertiary/aromatic N) is 1. The van der Waals surface area contributed by atoms with Gasteiger partial charge < -0.3 is 24.4 Å². The van der Waals surface area contributed by atoms with Gasteiger partial charge >= 0.3 is 0 Å². The maximum Gasteiger partial charge on any atom is 0.227 e. The summed E-state index contributed by atoms with van der Waals surface area (Å²) in [4.78, 5) is 14.7. The van der Waals surface area contributed by atoms with Crippen molar-refractivity contribution in [3.05, 3.63) is 12.1 Å². The van der Waals surface area contributed by atoms with Crippen LogP contribution in [-0.2, 0) is 9.53 Å². The molecule has 0 spiro atoms. The fraction of sp³-hybridized carbons (Fsp3) is 0.650. The van der Waals surface area contributed by atoms with E-state index in [0.29, 0.717) is 37.9 Å². The molecule has 0 saturated carbocycles. The summed E-state index contributed by atoms with van der Waals surface area (Å²) in [6.45, 7) is 12.0. The number of benzene rings is 1. The predicted octanol–water partition coefficient (Wildman–Crippen LogP) is 3.70. The largest absolute Gasteiger partial charge is 0.492 e. The summed E-state index contributed by atoms with van der Waals surface area (Å²) in [7, 11) is 0. The Morgan fingerprint density at radius 2 is 1.81 bits per heavy atom. The molecule has 1 atom stereocenters. The van der Waals surface area contributed by atoms with Crippen LogP contribution < -0.4 is 19.7 Å². The van der Waals surface area contributed by atoms with Gasteiger partial charge in [-0.1, -0.05) is 20.3 Å². The first-order chi connectivity index (χ1) is 12.6. The molecule has 0 aromatic heterocycles. The number of carbonyl (C=O) groups is 1. The standard InChI is InChI=1S/C20H32N2O4/c1-5-8-15(4)20(23)21-16-13-19(26-7-3)17(14-18(16)25-6-2)22-9-11-24-12-10-22/h13-15H,5-12H2,1-4H3,(H,21,23)/t15-/m1/s1. The normalized spacial score (nSPS) is 15.5. The second-order valence-electron chi connectivity index (χ2n) is 6.46. The Morgan fingerprint density at radius 1 is 1.15 bits per heavy atom. The monoisotopic (exact) mass is 364 g/mol. The number of hydrogen-bond acceptors (Lipinski definition) is 5. The average Bonchev–Trinajstić information content (AvgIpc) is 2.65. The number of nitrogens with one attached hydrogen (secondary N) is 1. The highest BCUT2D eigenvalue weighted by Crippen LogP contribution is 2.39. The lowest BCUT2D eigenvalue weighted by atomic mass is 10.1. The average molecular weight is 364 g/mol. The summed E-state index contributed by atoms with van der Waals surface area (Å²) in [5.41, 5.74) is 1.65. The number of carbonyl (C=O) groups excluding carboxylic acids is 1. The number of amides is 1. The summed E-state index contributed by atoms with van der Waals surface area (Å²) in [6, 6.07) is 3.86. The van der Waals surface area contributed by atoms with Gasteiger partial charge in [0.25, 0.3) is 0 Å². The number of ether oxygens (including phenoxy) is 3. The van der Waals surface area contributed by atoms with E-state index in [1.807, 2.05) is 32.9 Å². The second-order valence-corrected chi connectivity index (χ2v) is 6.46. The summed E-state index contributed by atoms with van der Waals surface area (Å²) >= 11 is 0. The lowest BCUT2D eigenvalue weighted by Gasteiger charge is -2.31. The van der Waals surface area contributed by atoms with Gasteiger partial charge in [0.05, 0.1) is 37.8 Å². The quantitative estimate of drug-likeness (QED) is 0.724. The summed E-state index contributed by atoms with van der Waals surface area (Å²) in [5.74, 6) is 1.41. The van der Waals surface area contributed by atoms with Crippen LogP contribution >= 0.6 is 0 Å². The van der Waals surface area contributed by atoms with Gasteiger partial charge in [0.1, 0.15) is 11.5 Å². The minimum atomic E-state index is -0.0380. The number of morpholine rings is 1. The van der Waals surface area contributed by atoms with Crippen LogP contribution in [0, 0.1) is 5.92 Å². The van der Waals surface area contributed by atoms with Crippen molar-refractivity contribution in [2.45, 2.75) is 40.5 Å². The molecule has 0 aliphatic carbocycles. The molecular formula is C20H32N2O4. The van der Waals surface area contributed by atoms with Crippen molar-refractivity contribution in [2.24, 2.45) is 5.92 Å². The molecule has 1 aliphatic rings. The third-order valence-electron chi connectivity index (χ3n) is 4.44. The van der Waals surface area contributed by atoms with Crippen molar-refractivity contribution in [1.29, 1.82) is 0 Å². The molecule has 1 aliphatic heterocycles. The molecule has 1 saturated heterocycles. The molecular weight excluding hydrogens is 332 g/mol. The van der Waals surface area contributed by atoms with Crippen molar-refractivity contribution >= 4 is 17.3 Å². The molecule has 2 rings (SSSR count). The van der Waals surface area contributed by atoms with Crippen LogP contribution in [0.2, 0.25) is 0 Å². The van der Waals surface area contributed by atoms with Crippen molar-refractivity contribution in [3.8, 4) is 11.5 Å². The fourth-order valence-corrected chi connectivity index (χ4v) is 3.06. The Morgan fingerprint density at radius 3 is 2.42 bits per heavy atom. The molecule has 1 aromatic carbocycles. The smallest absolute Gasteiger partial charge is 0.227 e. The van der Waals surface area contributed by atoms with Gasteiger partial charge in [0, 0.05) is 31.1 Å². The molecule has 26 heavy (non-hydrogen) atoms. The highest BCUT2D eigenvalue weighted by atomic mass is 16.5. The zero-order chi connectivity index (χ0) is 18.9. The first kappa shape index (κ1) is 20.4. The number of hydrogen-bond donors (Lipinski definition) is 1. The number of rotatable bonds is 9. The van der Waals surface area contributed by atoms with E-state index >= 15 is 0 Å². The summed E-state index contributed by atoms with van der Waals surface area (Å²) in [6.07, 6.45) is 1.84. The third kappa shape index (κ3) is 5.27. The Hall–Kier alpha value is -1.95. The van der Waals surface area contributed by atoms with Gasteiger partial charge in [0.2, 0.25) is 5.91 Å². The molecule has 1 fully saturated rings. The van der Waals surface area contributed by atoms with Gasteiger partial charge in [-0.15, -0.1) is 0 Å². The zero-order valence-corrected chi connectivity index (χ0v) is 16.5.